The normalized spacial score (nSPS) is 11.4. The molecule has 0 fully saturated rings. The standard InChI is InChI=1S/C21H17N3O2/c25-13-14-5-4-8-17(9-14)22-12-19-18-10-16(15-6-2-1-3-7-15)11-23-20(18)24-21(19)26/h1-12,25-26H,13H2,(H,23,24). The van der Waals surface area contributed by atoms with Crippen LogP contribution in [0.3, 0.4) is 0 Å². The molecule has 5 nitrogen and oxygen atoms in total. The van der Waals surface area contributed by atoms with Crippen LogP contribution >= 0.6 is 0 Å². The summed E-state index contributed by atoms with van der Waals surface area (Å²) in [5, 5.41) is 20.3. The van der Waals surface area contributed by atoms with E-state index in [1.54, 1.807) is 18.5 Å². The fourth-order valence-electron chi connectivity index (χ4n) is 2.87. The Bertz CT molecular complexity index is 1090. The highest BCUT2D eigenvalue weighted by molar-refractivity contribution is 6.02. The SMILES string of the molecule is OCc1cccc(N=Cc2c(O)[nH]c3ncc(-c4ccccc4)cc23)c1. The molecular weight excluding hydrogens is 326 g/mol. The molecule has 4 rings (SSSR count). The molecular formula is C21H17N3O2. The first-order valence-corrected chi connectivity index (χ1v) is 8.24. The van der Waals surface area contributed by atoms with Gasteiger partial charge in [0.15, 0.2) is 5.88 Å². The van der Waals surface area contributed by atoms with Gasteiger partial charge in [-0.15, -0.1) is 0 Å². The number of fused-ring (bicyclic) bond motifs is 1. The molecule has 0 unspecified atom stereocenters. The molecule has 26 heavy (non-hydrogen) atoms. The molecule has 2 heterocycles. The van der Waals surface area contributed by atoms with Crippen molar-refractivity contribution < 1.29 is 10.2 Å². The van der Waals surface area contributed by atoms with Gasteiger partial charge in [-0.2, -0.15) is 0 Å². The van der Waals surface area contributed by atoms with Crippen molar-refractivity contribution in [3.8, 4) is 17.0 Å². The van der Waals surface area contributed by atoms with Gasteiger partial charge in [-0.25, -0.2) is 4.98 Å². The largest absolute Gasteiger partial charge is 0.494 e. The number of aliphatic hydroxyl groups is 1. The lowest BCUT2D eigenvalue weighted by atomic mass is 10.1. The maximum absolute atomic E-state index is 10.2. The molecule has 5 heteroatoms. The average Bonchev–Trinajstić information content (AvgIpc) is 3.01. The van der Waals surface area contributed by atoms with E-state index in [4.69, 9.17) is 0 Å². The number of H-pyrrole nitrogens is 1. The van der Waals surface area contributed by atoms with Gasteiger partial charge in [0.05, 0.1) is 17.9 Å². The van der Waals surface area contributed by atoms with E-state index in [-0.39, 0.29) is 12.5 Å². The van der Waals surface area contributed by atoms with Gasteiger partial charge in [0, 0.05) is 23.4 Å². The van der Waals surface area contributed by atoms with Crippen molar-refractivity contribution >= 4 is 22.9 Å². The molecule has 0 atom stereocenters. The number of hydrogen-bond acceptors (Lipinski definition) is 4. The van der Waals surface area contributed by atoms with Crippen LogP contribution in [0.4, 0.5) is 5.69 Å². The van der Waals surface area contributed by atoms with Crippen molar-refractivity contribution in [3.05, 3.63) is 78.0 Å². The highest BCUT2D eigenvalue weighted by Crippen LogP contribution is 2.29. The zero-order valence-corrected chi connectivity index (χ0v) is 13.9. The molecule has 3 N–H and O–H groups in total. The number of aromatic amines is 1. The molecule has 0 aliphatic carbocycles. The number of benzene rings is 2. The van der Waals surface area contributed by atoms with Gasteiger partial charge in [0.25, 0.3) is 0 Å². The Kier molecular flexibility index (Phi) is 4.21. The van der Waals surface area contributed by atoms with Crippen LogP contribution in [0, 0.1) is 0 Å². The molecule has 2 aromatic carbocycles. The van der Waals surface area contributed by atoms with E-state index in [1.807, 2.05) is 54.6 Å². The summed E-state index contributed by atoms with van der Waals surface area (Å²) < 4.78 is 0. The van der Waals surface area contributed by atoms with Gasteiger partial charge in [-0.1, -0.05) is 42.5 Å². The lowest BCUT2D eigenvalue weighted by Crippen LogP contribution is -1.84. The number of aliphatic imine (C=N–C) groups is 1. The minimum absolute atomic E-state index is 0.0276. The summed E-state index contributed by atoms with van der Waals surface area (Å²) in [4.78, 5) is 11.7. The average molecular weight is 343 g/mol. The maximum atomic E-state index is 10.2. The zero-order valence-electron chi connectivity index (χ0n) is 13.9. The van der Waals surface area contributed by atoms with Crippen molar-refractivity contribution in [2.75, 3.05) is 0 Å². The number of rotatable bonds is 4. The summed E-state index contributed by atoms with van der Waals surface area (Å²) >= 11 is 0. The summed E-state index contributed by atoms with van der Waals surface area (Å²) in [6, 6.07) is 19.3. The summed E-state index contributed by atoms with van der Waals surface area (Å²) in [5.41, 5.74) is 4.70. The quantitative estimate of drug-likeness (QED) is 0.486. The van der Waals surface area contributed by atoms with Crippen LogP contribution < -0.4 is 0 Å². The molecule has 4 aromatic rings. The summed E-state index contributed by atoms with van der Waals surface area (Å²) in [7, 11) is 0. The number of nitrogens with zero attached hydrogens (tertiary/aromatic N) is 2. The van der Waals surface area contributed by atoms with E-state index in [2.05, 4.69) is 15.0 Å². The molecule has 0 saturated heterocycles. The molecule has 0 amide bonds. The first-order chi connectivity index (χ1) is 12.7. The lowest BCUT2D eigenvalue weighted by Gasteiger charge is -2.01. The summed E-state index contributed by atoms with van der Waals surface area (Å²) in [6.45, 7) is -0.0357. The van der Waals surface area contributed by atoms with Crippen LogP contribution in [0.1, 0.15) is 11.1 Å². The number of pyridine rings is 1. The Labute approximate surface area is 150 Å². The van der Waals surface area contributed by atoms with Gasteiger partial charge in [0.2, 0.25) is 0 Å². The first kappa shape index (κ1) is 16.1. The number of aliphatic hydroxyl groups excluding tert-OH is 1. The van der Waals surface area contributed by atoms with Crippen LogP contribution in [0.5, 0.6) is 5.88 Å². The molecule has 0 saturated carbocycles. The second-order valence-electron chi connectivity index (χ2n) is 5.96. The Morgan fingerprint density at radius 1 is 1.00 bits per heavy atom. The molecule has 0 radical (unpaired) electrons. The third kappa shape index (κ3) is 3.08. The fourth-order valence-corrected chi connectivity index (χ4v) is 2.87. The monoisotopic (exact) mass is 343 g/mol. The van der Waals surface area contributed by atoms with Crippen LogP contribution in [0.2, 0.25) is 0 Å². The van der Waals surface area contributed by atoms with Gasteiger partial charge < -0.3 is 15.2 Å². The highest BCUT2D eigenvalue weighted by atomic mass is 16.3. The first-order valence-electron chi connectivity index (χ1n) is 8.24. The molecule has 0 bridgehead atoms. The molecule has 2 aromatic heterocycles. The van der Waals surface area contributed by atoms with E-state index < -0.39 is 0 Å². The van der Waals surface area contributed by atoms with E-state index in [1.165, 1.54) is 0 Å². The summed E-state index contributed by atoms with van der Waals surface area (Å²) in [6.07, 6.45) is 3.39. The second-order valence-corrected chi connectivity index (χ2v) is 5.96. The van der Waals surface area contributed by atoms with Crippen molar-refractivity contribution in [1.82, 2.24) is 9.97 Å². The third-order valence-corrected chi connectivity index (χ3v) is 4.21. The smallest absolute Gasteiger partial charge is 0.199 e. The molecule has 128 valence electrons. The number of nitrogens with one attached hydrogen (secondary N) is 1. The van der Waals surface area contributed by atoms with Crippen LogP contribution in [-0.2, 0) is 6.61 Å². The second kappa shape index (κ2) is 6.82. The fraction of sp³-hybridized carbons (Fsp3) is 0.0476. The van der Waals surface area contributed by atoms with Gasteiger partial charge in [-0.3, -0.25) is 4.99 Å². The third-order valence-electron chi connectivity index (χ3n) is 4.21. The minimum Gasteiger partial charge on any atom is -0.494 e. The van der Waals surface area contributed by atoms with Crippen molar-refractivity contribution in [2.24, 2.45) is 4.99 Å². The van der Waals surface area contributed by atoms with Gasteiger partial charge >= 0.3 is 0 Å². The Balaban J connectivity index is 1.76. The van der Waals surface area contributed by atoms with Gasteiger partial charge in [-0.05, 0) is 29.3 Å². The number of aromatic hydroxyl groups is 1. The Morgan fingerprint density at radius 2 is 1.85 bits per heavy atom. The molecule has 0 aliphatic heterocycles. The Hall–Kier alpha value is -3.44. The molecule has 0 aliphatic rings. The molecule has 0 spiro atoms. The van der Waals surface area contributed by atoms with E-state index in [9.17, 15) is 10.2 Å². The topological polar surface area (TPSA) is 81.5 Å². The van der Waals surface area contributed by atoms with E-state index >= 15 is 0 Å². The predicted octanol–water partition coefficient (Wildman–Crippen LogP) is 4.18. The Morgan fingerprint density at radius 3 is 2.65 bits per heavy atom. The highest BCUT2D eigenvalue weighted by Gasteiger charge is 2.11. The predicted molar refractivity (Wildman–Crippen MR) is 103 cm³/mol. The number of aromatic nitrogens is 2. The maximum Gasteiger partial charge on any atom is 0.199 e. The van der Waals surface area contributed by atoms with Crippen molar-refractivity contribution in [2.45, 2.75) is 6.61 Å². The van der Waals surface area contributed by atoms with Crippen molar-refractivity contribution in [3.63, 3.8) is 0 Å². The van der Waals surface area contributed by atoms with Crippen LogP contribution in [0.25, 0.3) is 22.2 Å². The van der Waals surface area contributed by atoms with Gasteiger partial charge in [0.1, 0.15) is 5.65 Å². The number of hydrogen-bond donors (Lipinski definition) is 3. The minimum atomic E-state index is -0.0357. The van der Waals surface area contributed by atoms with Crippen molar-refractivity contribution in [1.29, 1.82) is 0 Å². The summed E-state index contributed by atoms with van der Waals surface area (Å²) in [5.74, 6) is 0.0276. The van der Waals surface area contributed by atoms with E-state index in [0.29, 0.717) is 16.9 Å². The van der Waals surface area contributed by atoms with E-state index in [0.717, 1.165) is 22.1 Å². The lowest BCUT2D eigenvalue weighted by molar-refractivity contribution is 0.282. The van der Waals surface area contributed by atoms with Crippen LogP contribution in [0.15, 0.2) is 71.9 Å². The van der Waals surface area contributed by atoms with Crippen LogP contribution in [-0.4, -0.2) is 26.4 Å². The zero-order chi connectivity index (χ0) is 17.9.